The number of hydrogen-bond donors (Lipinski definition) is 5. The first-order valence-corrected chi connectivity index (χ1v) is 13.2. The first kappa shape index (κ1) is 28.6. The van der Waals surface area contributed by atoms with Crippen LogP contribution in [0.15, 0.2) is 23.0 Å². The standard InChI is InChI=1S/C29H40N4O6/c1-29(2,3)12-31-11-14-10-17(32(4)5)15-8-13-9-16-20(25(36)18(13)24(35)19(15)23(14)34)26(37)21(28(30)39)27(38)22(16)33(6)7/h10,13,16,20,22,31,34-35,38H,8-9,11-12H2,1-7H3,(H2,30,39)/t13?,16?,20?,22-/m1/s1. The van der Waals surface area contributed by atoms with Gasteiger partial charge in [-0.05, 0) is 55.8 Å². The van der Waals surface area contributed by atoms with E-state index in [-0.39, 0.29) is 28.1 Å². The summed E-state index contributed by atoms with van der Waals surface area (Å²) in [5.74, 6) is -5.68. The van der Waals surface area contributed by atoms with Crippen molar-refractivity contribution in [3.05, 3.63) is 39.7 Å². The predicted octanol–water partition coefficient (Wildman–Crippen LogP) is 2.05. The number of phenols is 1. The Morgan fingerprint density at radius 1 is 1.10 bits per heavy atom. The molecule has 0 bridgehead atoms. The van der Waals surface area contributed by atoms with Crippen molar-refractivity contribution in [2.75, 3.05) is 39.6 Å². The van der Waals surface area contributed by atoms with Crippen molar-refractivity contribution in [1.29, 1.82) is 0 Å². The largest absolute Gasteiger partial charge is 0.510 e. The molecule has 0 aromatic heterocycles. The molecule has 6 N–H and O–H groups in total. The molecule has 10 heteroatoms. The van der Waals surface area contributed by atoms with Crippen molar-refractivity contribution in [2.45, 2.75) is 46.2 Å². The molecule has 3 aliphatic rings. The van der Waals surface area contributed by atoms with E-state index in [4.69, 9.17) is 5.73 Å². The second-order valence-corrected chi connectivity index (χ2v) is 12.6. The summed E-state index contributed by atoms with van der Waals surface area (Å²) >= 11 is 0. The second-order valence-electron chi connectivity index (χ2n) is 12.6. The second kappa shape index (κ2) is 9.98. The number of ketones is 2. The lowest BCUT2D eigenvalue weighted by atomic mass is 9.59. The number of nitrogens with one attached hydrogen (secondary N) is 1. The van der Waals surface area contributed by atoms with E-state index in [9.17, 15) is 29.7 Å². The lowest BCUT2D eigenvalue weighted by Gasteiger charge is -2.46. The van der Waals surface area contributed by atoms with Crippen LogP contribution in [0.2, 0.25) is 0 Å². The lowest BCUT2D eigenvalue weighted by Crippen LogP contribution is -2.55. The van der Waals surface area contributed by atoms with Crippen molar-refractivity contribution in [3.8, 4) is 5.75 Å². The van der Waals surface area contributed by atoms with Gasteiger partial charge < -0.3 is 31.3 Å². The molecule has 0 aliphatic heterocycles. The quantitative estimate of drug-likeness (QED) is 0.269. The predicted molar refractivity (Wildman–Crippen MR) is 148 cm³/mol. The topological polar surface area (TPSA) is 156 Å². The molecular weight excluding hydrogens is 500 g/mol. The number of Topliss-reactive ketones (excluding diaryl/α,β-unsaturated/α-hetero) is 2. The third-order valence-electron chi connectivity index (χ3n) is 8.07. The first-order chi connectivity index (χ1) is 18.1. The number of amides is 1. The number of carbonyl (C=O) groups is 3. The van der Waals surface area contributed by atoms with Gasteiger partial charge in [-0.1, -0.05) is 20.8 Å². The molecule has 0 spiro atoms. The molecule has 10 nitrogen and oxygen atoms in total. The summed E-state index contributed by atoms with van der Waals surface area (Å²) in [5.41, 5.74) is 7.30. The Morgan fingerprint density at radius 3 is 2.28 bits per heavy atom. The normalized spacial score (nSPS) is 25.0. The highest BCUT2D eigenvalue weighted by Gasteiger charge is 2.55. The number of hydrogen-bond acceptors (Lipinski definition) is 9. The fourth-order valence-corrected chi connectivity index (χ4v) is 6.47. The summed E-state index contributed by atoms with van der Waals surface area (Å²) in [6, 6.07) is 1.14. The zero-order valence-electron chi connectivity index (χ0n) is 23.8. The molecule has 4 rings (SSSR count). The van der Waals surface area contributed by atoms with Gasteiger partial charge in [0.15, 0.2) is 11.6 Å². The number of anilines is 1. The van der Waals surface area contributed by atoms with Gasteiger partial charge in [-0.25, -0.2) is 0 Å². The number of nitrogens with two attached hydrogens (primary N) is 1. The summed E-state index contributed by atoms with van der Waals surface area (Å²) in [4.78, 5) is 43.0. The Hall–Kier alpha value is -3.37. The number of benzene rings is 1. The smallest absolute Gasteiger partial charge is 0.255 e. The average molecular weight is 541 g/mol. The third-order valence-corrected chi connectivity index (χ3v) is 8.07. The van der Waals surface area contributed by atoms with E-state index in [1.807, 2.05) is 25.1 Å². The molecule has 1 amide bonds. The minimum Gasteiger partial charge on any atom is -0.510 e. The van der Waals surface area contributed by atoms with Crippen LogP contribution >= 0.6 is 0 Å². The number of aromatic hydroxyl groups is 1. The molecule has 1 saturated carbocycles. The fourth-order valence-electron chi connectivity index (χ4n) is 6.47. The van der Waals surface area contributed by atoms with Crippen molar-refractivity contribution in [2.24, 2.45) is 28.9 Å². The van der Waals surface area contributed by atoms with E-state index in [2.05, 4.69) is 26.1 Å². The number of likely N-dealkylation sites (N-methyl/N-ethyl adjacent to an activating group) is 1. The Balaban J connectivity index is 1.85. The minimum atomic E-state index is -1.27. The van der Waals surface area contributed by atoms with E-state index in [1.54, 1.807) is 19.0 Å². The van der Waals surface area contributed by atoms with Crippen molar-refractivity contribution in [1.82, 2.24) is 10.2 Å². The Bertz CT molecular complexity index is 1300. The molecule has 0 radical (unpaired) electrons. The number of allylic oxidation sites excluding steroid dienone is 1. The highest BCUT2D eigenvalue weighted by atomic mass is 16.3. The Kier molecular flexibility index (Phi) is 7.33. The van der Waals surface area contributed by atoms with Gasteiger partial charge in [-0.15, -0.1) is 0 Å². The summed E-state index contributed by atoms with van der Waals surface area (Å²) < 4.78 is 0. The van der Waals surface area contributed by atoms with Gasteiger partial charge in [0, 0.05) is 44.0 Å². The van der Waals surface area contributed by atoms with Crippen LogP contribution in [-0.2, 0) is 27.3 Å². The zero-order valence-corrected chi connectivity index (χ0v) is 23.8. The van der Waals surface area contributed by atoms with Crippen LogP contribution in [0.1, 0.15) is 43.9 Å². The zero-order chi connectivity index (χ0) is 29.1. The van der Waals surface area contributed by atoms with Crippen LogP contribution < -0.4 is 16.0 Å². The molecule has 1 aromatic rings. The van der Waals surface area contributed by atoms with E-state index >= 15 is 0 Å². The fraction of sp³-hybridized carbons (Fsp3) is 0.552. The van der Waals surface area contributed by atoms with Gasteiger partial charge in [0.25, 0.3) is 5.91 Å². The van der Waals surface area contributed by atoms with Crippen LogP contribution in [0.4, 0.5) is 5.69 Å². The van der Waals surface area contributed by atoms with E-state index in [1.165, 1.54) is 0 Å². The monoisotopic (exact) mass is 540 g/mol. The number of fused-ring (bicyclic) bond motifs is 3. The van der Waals surface area contributed by atoms with E-state index in [0.29, 0.717) is 31.5 Å². The van der Waals surface area contributed by atoms with Gasteiger partial charge in [0.1, 0.15) is 22.8 Å². The average Bonchev–Trinajstić information content (AvgIpc) is 2.78. The molecule has 3 aliphatic carbocycles. The molecule has 1 fully saturated rings. The van der Waals surface area contributed by atoms with Crippen LogP contribution in [0, 0.1) is 23.2 Å². The highest BCUT2D eigenvalue weighted by molar-refractivity contribution is 6.28. The first-order valence-electron chi connectivity index (χ1n) is 13.2. The third kappa shape index (κ3) is 4.80. The lowest BCUT2D eigenvalue weighted by molar-refractivity contribution is -0.136. The number of primary amides is 1. The van der Waals surface area contributed by atoms with Gasteiger partial charge in [-0.3, -0.25) is 19.3 Å². The summed E-state index contributed by atoms with van der Waals surface area (Å²) in [6.07, 6.45) is 0.685. The molecule has 39 heavy (non-hydrogen) atoms. The molecule has 4 atom stereocenters. The van der Waals surface area contributed by atoms with Crippen LogP contribution in [0.3, 0.4) is 0 Å². The summed E-state index contributed by atoms with van der Waals surface area (Å²) in [7, 11) is 7.17. The number of aliphatic hydroxyl groups excluding tert-OH is 2. The van der Waals surface area contributed by atoms with Crippen LogP contribution in [0.25, 0.3) is 5.76 Å². The summed E-state index contributed by atoms with van der Waals surface area (Å²) in [5, 5.41) is 37.1. The highest BCUT2D eigenvalue weighted by Crippen LogP contribution is 2.52. The van der Waals surface area contributed by atoms with Crippen molar-refractivity contribution < 1.29 is 29.7 Å². The maximum absolute atomic E-state index is 13.9. The van der Waals surface area contributed by atoms with Gasteiger partial charge in [-0.2, -0.15) is 0 Å². The number of carbonyl (C=O) groups excluding carboxylic acids is 3. The Morgan fingerprint density at radius 2 is 1.74 bits per heavy atom. The number of nitrogens with zero attached hydrogens (tertiary/aromatic N) is 2. The van der Waals surface area contributed by atoms with Gasteiger partial charge in [0.2, 0.25) is 0 Å². The van der Waals surface area contributed by atoms with Crippen molar-refractivity contribution in [3.63, 3.8) is 0 Å². The van der Waals surface area contributed by atoms with Crippen molar-refractivity contribution >= 4 is 28.9 Å². The van der Waals surface area contributed by atoms with Gasteiger partial charge >= 0.3 is 0 Å². The van der Waals surface area contributed by atoms with E-state index < -0.39 is 52.6 Å². The molecule has 212 valence electrons. The molecule has 1 aromatic carbocycles. The summed E-state index contributed by atoms with van der Waals surface area (Å²) in [6.45, 7) is 7.36. The minimum absolute atomic E-state index is 0.0280. The molecule has 3 unspecified atom stereocenters. The van der Waals surface area contributed by atoms with Crippen LogP contribution in [-0.4, -0.2) is 78.5 Å². The maximum atomic E-state index is 13.9. The molecule has 0 saturated heterocycles. The van der Waals surface area contributed by atoms with Crippen LogP contribution in [0.5, 0.6) is 5.75 Å². The number of phenolic OH excluding ortho intramolecular Hbond substituents is 1. The maximum Gasteiger partial charge on any atom is 0.255 e. The van der Waals surface area contributed by atoms with Gasteiger partial charge in [0.05, 0.1) is 17.5 Å². The molecule has 0 heterocycles. The number of rotatable bonds is 6. The Labute approximate surface area is 229 Å². The van der Waals surface area contributed by atoms with E-state index in [0.717, 1.165) is 11.3 Å². The number of aliphatic hydroxyl groups is 2. The molecular formula is C29H40N4O6. The SMILES string of the molecule is CN(C)c1cc(CNCC(C)(C)C)c(O)c2c1CC1CC3C(C(=O)C(C(N)=O)=C(O)[C@@H]3N(C)C)C(=O)C1=C2O.